The van der Waals surface area contributed by atoms with Gasteiger partial charge in [-0.1, -0.05) is 30.3 Å². The molecule has 0 spiro atoms. The lowest BCUT2D eigenvalue weighted by molar-refractivity contribution is -0.118. The van der Waals surface area contributed by atoms with Crippen molar-refractivity contribution in [2.45, 2.75) is 31.9 Å². The number of carbonyl (C=O) groups is 1. The normalized spacial score (nSPS) is 14.5. The third kappa shape index (κ3) is 4.24. The van der Waals surface area contributed by atoms with Crippen LogP contribution in [0.3, 0.4) is 0 Å². The van der Waals surface area contributed by atoms with E-state index in [1.165, 1.54) is 0 Å². The molecule has 0 atom stereocenters. The van der Waals surface area contributed by atoms with Gasteiger partial charge in [0.1, 0.15) is 12.4 Å². The van der Waals surface area contributed by atoms with Gasteiger partial charge in [-0.2, -0.15) is 0 Å². The van der Waals surface area contributed by atoms with Crippen LogP contribution < -0.4 is 15.8 Å². The zero-order chi connectivity index (χ0) is 15.6. The molecule has 1 aliphatic rings. The minimum Gasteiger partial charge on any atom is -0.489 e. The average Bonchev–Trinajstić information content (AvgIpc) is 3.28. The maximum atomic E-state index is 12.0. The van der Waals surface area contributed by atoms with Crippen LogP contribution in [0.15, 0.2) is 48.5 Å². The van der Waals surface area contributed by atoms with Crippen molar-refractivity contribution in [3.8, 4) is 5.75 Å². The van der Waals surface area contributed by atoms with E-state index in [-0.39, 0.29) is 18.3 Å². The van der Waals surface area contributed by atoms with Crippen molar-refractivity contribution in [3.05, 3.63) is 59.7 Å². The Hall–Kier alpha value is -2.04. The molecular weight excluding hydrogens is 312 g/mol. The van der Waals surface area contributed by atoms with Crippen molar-refractivity contribution in [2.75, 3.05) is 5.32 Å². The second-order valence-electron chi connectivity index (χ2n) is 5.86. The molecule has 1 fully saturated rings. The molecule has 0 radical (unpaired) electrons. The van der Waals surface area contributed by atoms with Crippen molar-refractivity contribution in [1.82, 2.24) is 0 Å². The van der Waals surface area contributed by atoms with Gasteiger partial charge >= 0.3 is 0 Å². The summed E-state index contributed by atoms with van der Waals surface area (Å²) in [6.07, 6.45) is 1.52. The molecule has 0 saturated heterocycles. The standard InChI is InChI=1S/C18H20N2O2.ClH/c1-13-11-15(22-12-14-5-3-2-4-6-14)7-8-16(13)20-17(21)18(19)9-10-18;/h2-8,11H,9-10,12,19H2,1H3,(H,20,21);1H. The average molecular weight is 333 g/mol. The molecule has 1 aliphatic carbocycles. The van der Waals surface area contributed by atoms with Gasteiger partial charge in [-0.05, 0) is 49.1 Å². The lowest BCUT2D eigenvalue weighted by Crippen LogP contribution is -2.37. The van der Waals surface area contributed by atoms with E-state index in [1.54, 1.807) is 0 Å². The second kappa shape index (κ2) is 7.02. The minimum absolute atomic E-state index is 0. The summed E-state index contributed by atoms with van der Waals surface area (Å²) in [7, 11) is 0. The third-order valence-electron chi connectivity index (χ3n) is 3.94. The van der Waals surface area contributed by atoms with Gasteiger partial charge in [-0.15, -0.1) is 12.4 Å². The highest BCUT2D eigenvalue weighted by molar-refractivity contribution is 6.00. The second-order valence-corrected chi connectivity index (χ2v) is 5.86. The Morgan fingerprint density at radius 1 is 1.22 bits per heavy atom. The molecule has 3 rings (SSSR count). The summed E-state index contributed by atoms with van der Waals surface area (Å²) >= 11 is 0. The Kier molecular flexibility index (Phi) is 5.29. The van der Waals surface area contributed by atoms with E-state index in [2.05, 4.69) is 5.32 Å². The van der Waals surface area contributed by atoms with Crippen molar-refractivity contribution in [2.24, 2.45) is 5.73 Å². The van der Waals surface area contributed by atoms with Gasteiger partial charge < -0.3 is 15.8 Å². The summed E-state index contributed by atoms with van der Waals surface area (Å²) in [5.74, 6) is 0.682. The van der Waals surface area contributed by atoms with Crippen LogP contribution in [0.5, 0.6) is 5.75 Å². The smallest absolute Gasteiger partial charge is 0.244 e. The number of hydrogen-bond donors (Lipinski definition) is 2. The molecule has 0 unspecified atom stereocenters. The van der Waals surface area contributed by atoms with Crippen molar-refractivity contribution in [1.29, 1.82) is 0 Å². The summed E-state index contributed by atoms with van der Waals surface area (Å²) in [5.41, 5.74) is 8.10. The quantitative estimate of drug-likeness (QED) is 0.881. The lowest BCUT2D eigenvalue weighted by Gasteiger charge is -2.14. The molecule has 2 aromatic carbocycles. The molecule has 0 aromatic heterocycles. The molecule has 0 bridgehead atoms. The van der Waals surface area contributed by atoms with Gasteiger partial charge in [0.15, 0.2) is 0 Å². The highest BCUT2D eigenvalue weighted by Gasteiger charge is 2.46. The molecular formula is C18H21ClN2O2. The molecule has 122 valence electrons. The minimum atomic E-state index is -0.658. The summed E-state index contributed by atoms with van der Waals surface area (Å²) in [5, 5.41) is 2.89. The van der Waals surface area contributed by atoms with Crippen molar-refractivity contribution >= 4 is 24.0 Å². The zero-order valence-electron chi connectivity index (χ0n) is 13.0. The number of benzene rings is 2. The topological polar surface area (TPSA) is 64.3 Å². The fraction of sp³-hybridized carbons (Fsp3) is 0.278. The van der Waals surface area contributed by atoms with E-state index in [0.717, 1.165) is 35.4 Å². The van der Waals surface area contributed by atoms with Gasteiger partial charge in [-0.25, -0.2) is 0 Å². The number of carbonyl (C=O) groups excluding carboxylic acids is 1. The zero-order valence-corrected chi connectivity index (χ0v) is 13.9. The predicted molar refractivity (Wildman–Crippen MR) is 94.0 cm³/mol. The number of halogens is 1. The Morgan fingerprint density at radius 3 is 2.52 bits per heavy atom. The highest BCUT2D eigenvalue weighted by Crippen LogP contribution is 2.34. The van der Waals surface area contributed by atoms with E-state index >= 15 is 0 Å². The maximum absolute atomic E-state index is 12.0. The summed E-state index contributed by atoms with van der Waals surface area (Å²) in [6.45, 7) is 2.47. The third-order valence-corrected chi connectivity index (χ3v) is 3.94. The van der Waals surface area contributed by atoms with Crippen LogP contribution in [0.4, 0.5) is 5.69 Å². The maximum Gasteiger partial charge on any atom is 0.244 e. The number of anilines is 1. The van der Waals surface area contributed by atoms with Gasteiger partial charge in [0.25, 0.3) is 0 Å². The first-order chi connectivity index (χ1) is 10.6. The SMILES string of the molecule is Cc1cc(OCc2ccccc2)ccc1NC(=O)C1(N)CC1.Cl. The number of aryl methyl sites for hydroxylation is 1. The number of nitrogens with two attached hydrogens (primary N) is 1. The van der Waals surface area contributed by atoms with E-state index in [9.17, 15) is 4.79 Å². The first-order valence-corrected chi connectivity index (χ1v) is 7.44. The largest absolute Gasteiger partial charge is 0.489 e. The Labute approximate surface area is 142 Å². The van der Waals surface area contributed by atoms with E-state index in [1.807, 2.05) is 55.5 Å². The first-order valence-electron chi connectivity index (χ1n) is 7.44. The van der Waals surface area contributed by atoms with E-state index in [4.69, 9.17) is 10.5 Å². The number of ether oxygens (including phenoxy) is 1. The summed E-state index contributed by atoms with van der Waals surface area (Å²) in [4.78, 5) is 12.0. The van der Waals surface area contributed by atoms with Crippen LogP contribution >= 0.6 is 12.4 Å². The first kappa shape index (κ1) is 17.3. The molecule has 4 nitrogen and oxygen atoms in total. The van der Waals surface area contributed by atoms with Crippen LogP contribution in [-0.2, 0) is 11.4 Å². The summed E-state index contributed by atoms with van der Waals surface area (Å²) < 4.78 is 5.78. The monoisotopic (exact) mass is 332 g/mol. The Morgan fingerprint density at radius 2 is 1.91 bits per heavy atom. The molecule has 0 heterocycles. The number of nitrogens with one attached hydrogen (secondary N) is 1. The predicted octanol–water partition coefficient (Wildman–Crippen LogP) is 3.43. The van der Waals surface area contributed by atoms with Gasteiger partial charge in [-0.3, -0.25) is 4.79 Å². The van der Waals surface area contributed by atoms with E-state index in [0.29, 0.717) is 6.61 Å². The van der Waals surface area contributed by atoms with Gasteiger partial charge in [0.05, 0.1) is 5.54 Å². The van der Waals surface area contributed by atoms with Crippen LogP contribution in [-0.4, -0.2) is 11.4 Å². The lowest BCUT2D eigenvalue weighted by atomic mass is 10.1. The molecule has 0 aliphatic heterocycles. The molecule has 1 amide bonds. The Balaban J connectivity index is 0.00000192. The molecule has 1 saturated carbocycles. The van der Waals surface area contributed by atoms with Crippen molar-refractivity contribution < 1.29 is 9.53 Å². The highest BCUT2D eigenvalue weighted by atomic mass is 35.5. The van der Waals surface area contributed by atoms with Crippen LogP contribution in [0.2, 0.25) is 0 Å². The fourth-order valence-corrected chi connectivity index (χ4v) is 2.22. The number of rotatable bonds is 5. The van der Waals surface area contributed by atoms with Gasteiger partial charge in [0, 0.05) is 5.69 Å². The number of amides is 1. The molecule has 2 aromatic rings. The molecule has 5 heteroatoms. The van der Waals surface area contributed by atoms with Crippen molar-refractivity contribution in [3.63, 3.8) is 0 Å². The summed E-state index contributed by atoms with van der Waals surface area (Å²) in [6, 6.07) is 15.7. The Bertz CT molecular complexity index is 685. The number of hydrogen-bond acceptors (Lipinski definition) is 3. The molecule has 3 N–H and O–H groups in total. The van der Waals surface area contributed by atoms with Gasteiger partial charge in [0.2, 0.25) is 5.91 Å². The van der Waals surface area contributed by atoms with Crippen LogP contribution in [0.25, 0.3) is 0 Å². The molecule has 23 heavy (non-hydrogen) atoms. The van der Waals surface area contributed by atoms with E-state index < -0.39 is 5.54 Å². The fourth-order valence-electron chi connectivity index (χ4n) is 2.22. The van der Waals surface area contributed by atoms with Crippen LogP contribution in [0, 0.1) is 6.92 Å². The van der Waals surface area contributed by atoms with Crippen LogP contribution in [0.1, 0.15) is 24.0 Å².